The molecule has 0 aromatic rings. The summed E-state index contributed by atoms with van der Waals surface area (Å²) in [5.41, 5.74) is 0.405. The van der Waals surface area contributed by atoms with Crippen LogP contribution < -0.4 is 0 Å². The van der Waals surface area contributed by atoms with Gasteiger partial charge in [-0.15, -0.1) is 0 Å². The van der Waals surface area contributed by atoms with E-state index in [1.807, 2.05) is 0 Å². The molecule has 0 atom stereocenters. The number of carbonyl (C=O) groups is 1. The number of hydrogen-bond acceptors (Lipinski definition) is 2. The molecule has 0 radical (unpaired) electrons. The summed E-state index contributed by atoms with van der Waals surface area (Å²) in [5, 5.41) is 8.09. The number of carbonyl (C=O) groups excluding carboxylic acids is 1. The van der Waals surface area contributed by atoms with E-state index in [0.717, 1.165) is 0 Å². The molecule has 0 aromatic carbocycles. The zero-order valence-corrected chi connectivity index (χ0v) is 4.27. The number of hydrogen-bond donors (Lipinski definition) is 1. The van der Waals surface area contributed by atoms with Crippen LogP contribution in [-0.2, 0) is 4.79 Å². The van der Waals surface area contributed by atoms with Crippen LogP contribution in [0.25, 0.3) is 0 Å². The molecule has 0 aliphatic rings. The second-order valence-corrected chi connectivity index (χ2v) is 1.36. The Kier molecular flexibility index (Phi) is 2.30. The lowest BCUT2D eigenvalue weighted by Gasteiger charge is -1.87. The van der Waals surface area contributed by atoms with Crippen molar-refractivity contribution >= 4 is 5.78 Å². The third-order valence-electron chi connectivity index (χ3n) is 0.620. The summed E-state index contributed by atoms with van der Waals surface area (Å²) in [7, 11) is 0. The Morgan fingerprint density at radius 3 is 2.29 bits per heavy atom. The van der Waals surface area contributed by atoms with Gasteiger partial charge in [0.2, 0.25) is 0 Å². The molecule has 40 valence electrons. The molecule has 1 N–H and O–H groups in total. The number of Topliss-reactive ketones (excluding diaryl/α,β-unsaturated/α-hetero) is 1. The lowest BCUT2D eigenvalue weighted by molar-refractivity contribution is -0.118. The maximum absolute atomic E-state index is 10.2. The fourth-order valence-electron chi connectivity index (χ4n) is 0.135. The van der Waals surface area contributed by atoms with Gasteiger partial charge in [0, 0.05) is 0 Å². The van der Waals surface area contributed by atoms with Crippen molar-refractivity contribution in [3.05, 3.63) is 12.2 Å². The van der Waals surface area contributed by atoms with Gasteiger partial charge in [0.1, 0.15) is 6.61 Å². The molecule has 0 aliphatic heterocycles. The van der Waals surface area contributed by atoms with Crippen molar-refractivity contribution in [2.24, 2.45) is 0 Å². The van der Waals surface area contributed by atoms with Crippen LogP contribution in [-0.4, -0.2) is 17.5 Å². The molecule has 2 nitrogen and oxygen atoms in total. The van der Waals surface area contributed by atoms with Crippen LogP contribution in [0.5, 0.6) is 0 Å². The molecule has 0 saturated carbocycles. The van der Waals surface area contributed by atoms with E-state index in [9.17, 15) is 4.79 Å². The Labute approximate surface area is 42.5 Å². The highest BCUT2D eigenvalue weighted by Gasteiger charge is 1.95. The largest absolute Gasteiger partial charge is 0.388 e. The fraction of sp³-hybridized carbons (Fsp3) is 0.400. The molecule has 7 heavy (non-hydrogen) atoms. The summed E-state index contributed by atoms with van der Waals surface area (Å²) >= 11 is 0. The normalized spacial score (nSPS) is 8.29. The molecule has 0 bridgehead atoms. The zero-order chi connectivity index (χ0) is 5.86. The maximum atomic E-state index is 10.2. The highest BCUT2D eigenvalue weighted by molar-refractivity contribution is 5.94. The van der Waals surface area contributed by atoms with Crippen LogP contribution in [0.15, 0.2) is 12.2 Å². The first kappa shape index (κ1) is 6.37. The van der Waals surface area contributed by atoms with Gasteiger partial charge in [0.25, 0.3) is 0 Å². The van der Waals surface area contributed by atoms with Crippen molar-refractivity contribution in [1.29, 1.82) is 0 Å². The zero-order valence-electron chi connectivity index (χ0n) is 4.27. The van der Waals surface area contributed by atoms with Crippen molar-refractivity contribution in [3.8, 4) is 0 Å². The lowest BCUT2D eigenvalue weighted by Crippen LogP contribution is -2.02. The molecule has 2 heteroatoms. The van der Waals surface area contributed by atoms with Crippen molar-refractivity contribution in [3.63, 3.8) is 0 Å². The Morgan fingerprint density at radius 2 is 2.29 bits per heavy atom. The Balaban J connectivity index is 3.58. The molecular formula is C5H8O2. The smallest absolute Gasteiger partial charge is 0.183 e. The van der Waals surface area contributed by atoms with Gasteiger partial charge in [0.15, 0.2) is 5.78 Å². The van der Waals surface area contributed by atoms with E-state index in [-0.39, 0.29) is 5.78 Å². The summed E-state index contributed by atoms with van der Waals surface area (Å²) in [4.78, 5) is 10.2. The van der Waals surface area contributed by atoms with E-state index in [0.29, 0.717) is 5.57 Å². The Hall–Kier alpha value is -0.630. The first-order valence-electron chi connectivity index (χ1n) is 1.98. The molecule has 0 rings (SSSR count). The second-order valence-electron chi connectivity index (χ2n) is 1.36. The average molecular weight is 100 g/mol. The van der Waals surface area contributed by atoms with Gasteiger partial charge in [-0.25, -0.2) is 0 Å². The standard InChI is InChI=1S/C5H8O2/c1-4(2)5(7)3-6/h6H,1,3H2,2H3. The van der Waals surface area contributed by atoms with E-state index in [2.05, 4.69) is 6.58 Å². The monoisotopic (exact) mass is 100 g/mol. The van der Waals surface area contributed by atoms with E-state index < -0.39 is 6.61 Å². The number of aliphatic hydroxyl groups is 1. The molecule has 0 unspecified atom stereocenters. The summed E-state index contributed by atoms with van der Waals surface area (Å²) in [6.07, 6.45) is 0. The predicted molar refractivity (Wildman–Crippen MR) is 26.9 cm³/mol. The molecule has 0 amide bonds. The predicted octanol–water partition coefficient (Wildman–Crippen LogP) is 0.124. The minimum absolute atomic E-state index is 0.292. The molecule has 0 fully saturated rings. The number of ketones is 1. The Bertz CT molecular complexity index is 94.3. The van der Waals surface area contributed by atoms with Crippen molar-refractivity contribution in [1.82, 2.24) is 0 Å². The van der Waals surface area contributed by atoms with Crippen LogP contribution in [0.4, 0.5) is 0 Å². The summed E-state index contributed by atoms with van der Waals surface area (Å²) in [6.45, 7) is 4.46. The van der Waals surface area contributed by atoms with Gasteiger partial charge in [-0.1, -0.05) is 6.58 Å². The van der Waals surface area contributed by atoms with Crippen LogP contribution in [0.2, 0.25) is 0 Å². The molecule has 0 aromatic heterocycles. The van der Waals surface area contributed by atoms with Gasteiger partial charge in [-0.2, -0.15) is 0 Å². The van der Waals surface area contributed by atoms with Crippen molar-refractivity contribution in [2.45, 2.75) is 6.92 Å². The van der Waals surface area contributed by atoms with E-state index in [1.54, 1.807) is 6.92 Å². The average Bonchev–Trinajstić information content (AvgIpc) is 1.65. The minimum atomic E-state index is -0.421. The van der Waals surface area contributed by atoms with Gasteiger partial charge in [0.05, 0.1) is 0 Å². The highest BCUT2D eigenvalue weighted by Crippen LogP contribution is 1.85. The van der Waals surface area contributed by atoms with Crippen LogP contribution in [0.1, 0.15) is 6.92 Å². The summed E-state index contributed by atoms with van der Waals surface area (Å²) in [6, 6.07) is 0. The second kappa shape index (κ2) is 2.53. The van der Waals surface area contributed by atoms with Gasteiger partial charge in [-0.05, 0) is 12.5 Å². The third-order valence-corrected chi connectivity index (χ3v) is 0.620. The molecule has 0 aliphatic carbocycles. The summed E-state index contributed by atoms with van der Waals surface area (Å²) in [5.74, 6) is -0.292. The topological polar surface area (TPSA) is 37.3 Å². The number of rotatable bonds is 2. The van der Waals surface area contributed by atoms with Crippen LogP contribution in [0, 0.1) is 0 Å². The van der Waals surface area contributed by atoms with Crippen LogP contribution >= 0.6 is 0 Å². The molecule has 0 saturated heterocycles. The van der Waals surface area contributed by atoms with Crippen molar-refractivity contribution in [2.75, 3.05) is 6.61 Å². The summed E-state index contributed by atoms with van der Waals surface area (Å²) < 4.78 is 0. The van der Waals surface area contributed by atoms with E-state index in [4.69, 9.17) is 5.11 Å². The fourth-order valence-corrected chi connectivity index (χ4v) is 0.135. The SMILES string of the molecule is C=C(C)C(=O)CO. The van der Waals surface area contributed by atoms with E-state index in [1.165, 1.54) is 0 Å². The first-order chi connectivity index (χ1) is 3.18. The molecule has 0 spiro atoms. The van der Waals surface area contributed by atoms with Gasteiger partial charge < -0.3 is 5.11 Å². The third kappa shape index (κ3) is 2.11. The lowest BCUT2D eigenvalue weighted by atomic mass is 10.2. The number of aliphatic hydroxyl groups excluding tert-OH is 1. The highest BCUT2D eigenvalue weighted by atomic mass is 16.3. The maximum Gasteiger partial charge on any atom is 0.183 e. The van der Waals surface area contributed by atoms with Crippen LogP contribution in [0.3, 0.4) is 0 Å². The van der Waals surface area contributed by atoms with E-state index >= 15 is 0 Å². The first-order valence-corrected chi connectivity index (χ1v) is 1.98. The molecule has 0 heterocycles. The quantitative estimate of drug-likeness (QED) is 0.500. The van der Waals surface area contributed by atoms with Crippen molar-refractivity contribution < 1.29 is 9.90 Å². The molecular weight excluding hydrogens is 92.1 g/mol. The Morgan fingerprint density at radius 1 is 1.86 bits per heavy atom. The minimum Gasteiger partial charge on any atom is -0.388 e. The van der Waals surface area contributed by atoms with Gasteiger partial charge >= 0.3 is 0 Å². The van der Waals surface area contributed by atoms with Gasteiger partial charge in [-0.3, -0.25) is 4.79 Å².